The van der Waals surface area contributed by atoms with Gasteiger partial charge in [0.05, 0.1) is 5.71 Å². The Morgan fingerprint density at radius 3 is 2.34 bits per heavy atom. The fraction of sp³-hybridized carbons (Fsp3) is 0.391. The predicted molar refractivity (Wildman–Crippen MR) is 109 cm³/mol. The number of rotatable bonds is 9. The third-order valence-corrected chi connectivity index (χ3v) is 4.28. The van der Waals surface area contributed by atoms with E-state index in [0.29, 0.717) is 24.5 Å². The topological polar surface area (TPSA) is 71.0 Å². The van der Waals surface area contributed by atoms with E-state index >= 15 is 0 Å². The maximum atomic E-state index is 10.7. The van der Waals surface area contributed by atoms with Crippen LogP contribution in [0.25, 0.3) is 0 Å². The molecule has 0 aliphatic heterocycles. The van der Waals surface area contributed by atoms with Gasteiger partial charge in [0.2, 0.25) is 0 Å². The third-order valence-electron chi connectivity index (χ3n) is 4.28. The molecule has 5 nitrogen and oxygen atoms in total. The van der Waals surface area contributed by atoms with Gasteiger partial charge < -0.3 is 19.5 Å². The Morgan fingerprint density at radius 2 is 1.76 bits per heavy atom. The summed E-state index contributed by atoms with van der Waals surface area (Å²) in [7, 11) is 0. The molecule has 0 aliphatic carbocycles. The molecular weight excluding hydrogens is 377 g/mol. The molecule has 0 N–H and O–H groups in total. The van der Waals surface area contributed by atoms with Gasteiger partial charge in [0.15, 0.2) is 6.61 Å². The van der Waals surface area contributed by atoms with Crippen LogP contribution < -0.4 is 39.4 Å². The quantitative estimate of drug-likeness (QED) is 0.264. The van der Waals surface area contributed by atoms with E-state index in [2.05, 4.69) is 50.2 Å². The Bertz CT molecular complexity index is 810. The number of hydrogen-bond donors (Lipinski definition) is 0. The normalized spacial score (nSPS) is 11.5. The summed E-state index contributed by atoms with van der Waals surface area (Å²) in [5.74, 6) is -0.516. The summed E-state index contributed by atoms with van der Waals surface area (Å²) >= 11 is 0. The Morgan fingerprint density at radius 1 is 1.07 bits per heavy atom. The minimum Gasteiger partial charge on any atom is -0.550 e. The molecule has 0 radical (unpaired) electrons. The van der Waals surface area contributed by atoms with Gasteiger partial charge in [-0.2, -0.15) is 0 Å². The molecule has 0 bridgehead atoms. The van der Waals surface area contributed by atoms with Gasteiger partial charge in [-0.3, -0.25) is 0 Å². The molecule has 0 amide bonds. The van der Waals surface area contributed by atoms with Crippen molar-refractivity contribution >= 4 is 11.7 Å². The van der Waals surface area contributed by atoms with E-state index in [1.165, 1.54) is 5.56 Å². The Kier molecular flexibility index (Phi) is 10.4. The first-order valence-corrected chi connectivity index (χ1v) is 9.51. The first-order valence-electron chi connectivity index (χ1n) is 9.51. The standard InChI is InChI=1S/C23H29NO4.Na/c1-5-21(18-9-11-19(12-10-18)23(2,3)4)24-28-14-13-27-20-8-6-7-17(15-20)16-22(25)26;/h6-12,15H,5,13-14,16H2,1-4H3,(H,25,26);/q;+1/p-1. The SMILES string of the molecule is CCC(=NOCCOc1cccc(CC(=O)[O-])c1)c1ccc(C(C)(C)C)cc1.[Na+]. The molecule has 0 aliphatic rings. The molecule has 0 atom stereocenters. The van der Waals surface area contributed by atoms with E-state index < -0.39 is 5.97 Å². The van der Waals surface area contributed by atoms with E-state index in [4.69, 9.17) is 9.57 Å². The van der Waals surface area contributed by atoms with E-state index in [0.717, 1.165) is 17.7 Å². The molecule has 2 aromatic rings. The van der Waals surface area contributed by atoms with Crippen LogP contribution in [0.5, 0.6) is 5.75 Å². The molecular formula is C23H28NNaO4. The summed E-state index contributed by atoms with van der Waals surface area (Å²) in [6.45, 7) is 9.22. The van der Waals surface area contributed by atoms with Crippen molar-refractivity contribution in [3.05, 3.63) is 65.2 Å². The fourth-order valence-corrected chi connectivity index (χ4v) is 2.72. The van der Waals surface area contributed by atoms with E-state index in [1.807, 2.05) is 6.92 Å². The minimum absolute atomic E-state index is 0. The van der Waals surface area contributed by atoms with Crippen molar-refractivity contribution in [2.45, 2.75) is 46.0 Å². The van der Waals surface area contributed by atoms with Gasteiger partial charge in [-0.1, -0.05) is 69.2 Å². The van der Waals surface area contributed by atoms with Crippen molar-refractivity contribution in [3.63, 3.8) is 0 Å². The molecule has 0 heterocycles. The van der Waals surface area contributed by atoms with Gasteiger partial charge in [-0.25, -0.2) is 0 Å². The Hall–Kier alpha value is -1.82. The van der Waals surface area contributed by atoms with Crippen LogP contribution in [0.4, 0.5) is 0 Å². The van der Waals surface area contributed by atoms with Gasteiger partial charge in [-0.15, -0.1) is 0 Å². The number of aliphatic carboxylic acids is 1. The van der Waals surface area contributed by atoms with E-state index in [9.17, 15) is 9.90 Å². The van der Waals surface area contributed by atoms with Crippen molar-refractivity contribution in [1.29, 1.82) is 0 Å². The van der Waals surface area contributed by atoms with Gasteiger partial charge in [-0.05, 0) is 40.7 Å². The zero-order valence-electron chi connectivity index (χ0n) is 18.0. The average molecular weight is 405 g/mol. The second kappa shape index (κ2) is 12.0. The van der Waals surface area contributed by atoms with Crippen LogP contribution in [0.3, 0.4) is 0 Å². The first-order chi connectivity index (χ1) is 13.3. The van der Waals surface area contributed by atoms with Crippen molar-refractivity contribution in [2.75, 3.05) is 13.2 Å². The van der Waals surface area contributed by atoms with Crippen LogP contribution in [0, 0.1) is 0 Å². The number of carbonyl (C=O) groups is 1. The first kappa shape index (κ1) is 25.2. The fourth-order valence-electron chi connectivity index (χ4n) is 2.72. The number of benzene rings is 2. The molecule has 150 valence electrons. The molecule has 0 saturated heterocycles. The molecule has 29 heavy (non-hydrogen) atoms. The third kappa shape index (κ3) is 8.60. The number of carbonyl (C=O) groups excluding carboxylic acids is 1. The number of nitrogens with zero attached hydrogens (tertiary/aromatic N) is 1. The Balaban J connectivity index is 0.00000420. The van der Waals surface area contributed by atoms with E-state index in [-0.39, 0.29) is 41.4 Å². The van der Waals surface area contributed by atoms with Crippen LogP contribution in [0.15, 0.2) is 53.7 Å². The number of oxime groups is 1. The molecule has 2 aromatic carbocycles. The molecule has 6 heteroatoms. The van der Waals surface area contributed by atoms with Crippen molar-refractivity contribution in [1.82, 2.24) is 0 Å². The van der Waals surface area contributed by atoms with Crippen molar-refractivity contribution in [2.24, 2.45) is 5.16 Å². The van der Waals surface area contributed by atoms with Crippen LogP contribution in [-0.4, -0.2) is 24.9 Å². The summed E-state index contributed by atoms with van der Waals surface area (Å²) in [5, 5.41) is 14.9. The van der Waals surface area contributed by atoms with Crippen LogP contribution in [0.2, 0.25) is 0 Å². The second-order valence-electron chi connectivity index (χ2n) is 7.60. The van der Waals surface area contributed by atoms with Crippen molar-refractivity contribution in [3.8, 4) is 5.75 Å². The van der Waals surface area contributed by atoms with Gasteiger partial charge >= 0.3 is 29.6 Å². The van der Waals surface area contributed by atoms with Crippen LogP contribution in [0.1, 0.15) is 50.8 Å². The number of carboxylic acid groups (broad SMARTS) is 1. The molecule has 0 saturated carbocycles. The Labute approximate surface area is 195 Å². The molecule has 0 spiro atoms. The van der Waals surface area contributed by atoms with Gasteiger partial charge in [0.25, 0.3) is 0 Å². The molecule has 0 aromatic heterocycles. The summed E-state index contributed by atoms with van der Waals surface area (Å²) in [5.41, 5.74) is 3.97. The molecule has 2 rings (SSSR count). The number of ether oxygens (including phenoxy) is 1. The van der Waals surface area contributed by atoms with Crippen LogP contribution >= 0.6 is 0 Å². The van der Waals surface area contributed by atoms with Crippen LogP contribution in [-0.2, 0) is 21.5 Å². The molecule has 0 unspecified atom stereocenters. The predicted octanol–water partition coefficient (Wildman–Crippen LogP) is 0.490. The smallest absolute Gasteiger partial charge is 0.550 e. The van der Waals surface area contributed by atoms with Gasteiger partial charge in [0.1, 0.15) is 12.4 Å². The maximum absolute atomic E-state index is 10.7. The number of carboxylic acids is 1. The van der Waals surface area contributed by atoms with Crippen molar-refractivity contribution < 1.29 is 49.0 Å². The van der Waals surface area contributed by atoms with Gasteiger partial charge in [0, 0.05) is 12.4 Å². The zero-order chi connectivity index (χ0) is 20.6. The summed E-state index contributed by atoms with van der Waals surface area (Å²) in [4.78, 5) is 16.1. The number of hydrogen-bond acceptors (Lipinski definition) is 5. The largest absolute Gasteiger partial charge is 1.00 e. The summed E-state index contributed by atoms with van der Waals surface area (Å²) < 4.78 is 5.59. The van der Waals surface area contributed by atoms with E-state index in [1.54, 1.807) is 24.3 Å². The minimum atomic E-state index is -1.11. The maximum Gasteiger partial charge on any atom is 1.00 e. The summed E-state index contributed by atoms with van der Waals surface area (Å²) in [6, 6.07) is 15.3. The zero-order valence-corrected chi connectivity index (χ0v) is 20.0. The molecule has 0 fully saturated rings. The summed E-state index contributed by atoms with van der Waals surface area (Å²) in [6.07, 6.45) is 0.632. The monoisotopic (exact) mass is 405 g/mol. The average Bonchev–Trinajstić information content (AvgIpc) is 2.64. The second-order valence-corrected chi connectivity index (χ2v) is 7.60.